The van der Waals surface area contributed by atoms with Gasteiger partial charge in [-0.15, -0.1) is 0 Å². The third-order valence-corrected chi connectivity index (χ3v) is 5.93. The van der Waals surface area contributed by atoms with E-state index < -0.39 is 23.3 Å². The summed E-state index contributed by atoms with van der Waals surface area (Å²) in [6, 6.07) is 0. The first-order chi connectivity index (χ1) is 18.9. The van der Waals surface area contributed by atoms with Crippen molar-refractivity contribution in [2.24, 2.45) is 5.16 Å². The van der Waals surface area contributed by atoms with Gasteiger partial charge < -0.3 is 19.0 Å². The predicted molar refractivity (Wildman–Crippen MR) is 156 cm³/mol. The molecule has 1 atom stereocenters. The van der Waals surface area contributed by atoms with Crippen LogP contribution in [0.5, 0.6) is 0 Å². The van der Waals surface area contributed by atoms with Gasteiger partial charge in [0.15, 0.2) is 0 Å². The van der Waals surface area contributed by atoms with E-state index in [9.17, 15) is 14.4 Å². The summed E-state index contributed by atoms with van der Waals surface area (Å²) in [5.41, 5.74) is -0.677. The lowest BCUT2D eigenvalue weighted by atomic mass is 10.1. The van der Waals surface area contributed by atoms with Crippen molar-refractivity contribution < 1.29 is 23.8 Å². The summed E-state index contributed by atoms with van der Waals surface area (Å²) in [5, 5.41) is 5.06. The van der Waals surface area contributed by atoms with Crippen LogP contribution in [0.3, 0.4) is 0 Å². The monoisotopic (exact) mass is 558 g/mol. The molecule has 1 saturated heterocycles. The Bertz CT molecular complexity index is 1290. The molecular weight excluding hydrogens is 516 g/mol. The maximum absolute atomic E-state index is 13.8. The molecule has 11 heteroatoms. The maximum atomic E-state index is 13.8. The summed E-state index contributed by atoms with van der Waals surface area (Å²) in [4.78, 5) is 46.1. The Kier molecular flexibility index (Phi) is 12.2. The van der Waals surface area contributed by atoms with E-state index in [2.05, 4.69) is 11.7 Å². The number of aromatic nitrogens is 2. The lowest BCUT2D eigenvalue weighted by Crippen LogP contribution is -2.56. The van der Waals surface area contributed by atoms with E-state index in [4.69, 9.17) is 19.0 Å². The summed E-state index contributed by atoms with van der Waals surface area (Å²) in [7, 11) is 2.90. The zero-order chi connectivity index (χ0) is 30.0. The minimum Gasteiger partial charge on any atom is -0.501 e. The molecule has 0 bridgehead atoms. The Labute approximate surface area is 235 Å². The van der Waals surface area contributed by atoms with E-state index in [0.29, 0.717) is 30.1 Å². The smallest absolute Gasteiger partial charge is 0.354 e. The van der Waals surface area contributed by atoms with Crippen molar-refractivity contribution in [3.63, 3.8) is 0 Å². The highest BCUT2D eigenvalue weighted by molar-refractivity contribution is 5.98. The highest BCUT2D eigenvalue weighted by Crippen LogP contribution is 2.21. The van der Waals surface area contributed by atoms with Crippen LogP contribution in [0.2, 0.25) is 0 Å². The number of hydrogen-bond donors (Lipinski definition) is 0. The zero-order valence-corrected chi connectivity index (χ0v) is 24.8. The van der Waals surface area contributed by atoms with Gasteiger partial charge in [-0.2, -0.15) is 4.68 Å². The predicted octanol–water partition coefficient (Wildman–Crippen LogP) is 3.71. The molecular formula is C29H42N4O7. The summed E-state index contributed by atoms with van der Waals surface area (Å²) < 4.78 is 19.1. The number of hydrogen-bond acceptors (Lipinski definition) is 8. The molecule has 1 unspecified atom stereocenters. The highest BCUT2D eigenvalue weighted by atomic mass is 16.6. The van der Waals surface area contributed by atoms with Gasteiger partial charge in [-0.3, -0.25) is 14.2 Å². The number of ether oxygens (including phenoxy) is 3. The molecule has 1 amide bonds. The molecule has 11 nitrogen and oxygen atoms in total. The van der Waals surface area contributed by atoms with Gasteiger partial charge in [0.05, 0.1) is 36.3 Å². The first kappa shape index (κ1) is 32.4. The van der Waals surface area contributed by atoms with Crippen molar-refractivity contribution in [3.8, 4) is 0 Å². The van der Waals surface area contributed by atoms with Crippen LogP contribution in [0, 0.1) is 0 Å². The van der Waals surface area contributed by atoms with Crippen LogP contribution in [0.1, 0.15) is 66.4 Å². The van der Waals surface area contributed by atoms with Gasteiger partial charge >= 0.3 is 5.69 Å². The summed E-state index contributed by atoms with van der Waals surface area (Å²) in [6.07, 6.45) is 8.75. The molecule has 1 aliphatic rings. The second-order valence-electron chi connectivity index (χ2n) is 9.83. The number of carbonyl (C=O) groups excluding carboxylic acids is 1. The summed E-state index contributed by atoms with van der Waals surface area (Å²) in [5.74, 6) is 0.322. The lowest BCUT2D eigenvalue weighted by molar-refractivity contribution is -0.134. The molecule has 1 aromatic rings. The van der Waals surface area contributed by atoms with Crippen molar-refractivity contribution in [2.75, 3.05) is 25.8 Å². The molecule has 0 radical (unpaired) electrons. The van der Waals surface area contributed by atoms with Crippen molar-refractivity contribution in [2.45, 2.75) is 79.1 Å². The van der Waals surface area contributed by atoms with E-state index in [-0.39, 0.29) is 23.5 Å². The van der Waals surface area contributed by atoms with E-state index in [1.165, 1.54) is 31.1 Å². The van der Waals surface area contributed by atoms with Crippen LogP contribution >= 0.6 is 0 Å². The Morgan fingerprint density at radius 1 is 1.20 bits per heavy atom. The third kappa shape index (κ3) is 8.32. The lowest BCUT2D eigenvalue weighted by Gasteiger charge is -2.27. The van der Waals surface area contributed by atoms with E-state index in [1.54, 1.807) is 45.9 Å². The first-order valence-corrected chi connectivity index (χ1v) is 13.3. The van der Waals surface area contributed by atoms with E-state index in [0.717, 1.165) is 22.5 Å². The van der Waals surface area contributed by atoms with Crippen molar-refractivity contribution in [3.05, 3.63) is 74.5 Å². The summed E-state index contributed by atoms with van der Waals surface area (Å²) >= 11 is 0. The quantitative estimate of drug-likeness (QED) is 0.166. The van der Waals surface area contributed by atoms with Crippen LogP contribution in [-0.4, -0.2) is 59.9 Å². The average molecular weight is 559 g/mol. The second-order valence-corrected chi connectivity index (χ2v) is 9.83. The molecule has 0 aliphatic carbocycles. The van der Waals surface area contributed by atoms with Gasteiger partial charge in [-0.05, 0) is 66.9 Å². The molecule has 40 heavy (non-hydrogen) atoms. The fourth-order valence-corrected chi connectivity index (χ4v) is 3.83. The van der Waals surface area contributed by atoms with Gasteiger partial charge in [-0.1, -0.05) is 23.9 Å². The summed E-state index contributed by atoms with van der Waals surface area (Å²) in [6.45, 7) is 14.8. The molecule has 0 saturated carbocycles. The van der Waals surface area contributed by atoms with Gasteiger partial charge in [-0.25, -0.2) is 9.80 Å². The molecule has 1 aliphatic heterocycles. The minimum atomic E-state index is -0.787. The fourth-order valence-electron chi connectivity index (χ4n) is 3.83. The minimum absolute atomic E-state index is 0.0558. The van der Waals surface area contributed by atoms with Crippen LogP contribution < -0.4 is 16.3 Å². The molecule has 2 rings (SSSR count). The Balaban J connectivity index is 2.88. The van der Waals surface area contributed by atoms with Crippen molar-refractivity contribution >= 4 is 17.8 Å². The van der Waals surface area contributed by atoms with Crippen LogP contribution in [0.25, 0.3) is 6.20 Å². The number of amides is 1. The molecule has 0 N–H and O–H groups in total. The topological polar surface area (TPSA) is 114 Å². The number of methoxy groups -OCH3 is 1. The Morgan fingerprint density at radius 3 is 2.45 bits per heavy atom. The fraction of sp³-hybridized carbons (Fsp3) is 0.517. The first-order valence-electron chi connectivity index (χ1n) is 13.3. The van der Waals surface area contributed by atoms with E-state index >= 15 is 0 Å². The Morgan fingerprint density at radius 2 is 1.90 bits per heavy atom. The molecule has 0 spiro atoms. The number of carbonyl (C=O) groups is 1. The van der Waals surface area contributed by atoms with Gasteiger partial charge in [0, 0.05) is 19.9 Å². The number of nitrogens with zero attached hydrogens (tertiary/aromatic N) is 4. The molecule has 1 fully saturated rings. The second kappa shape index (κ2) is 15.1. The van der Waals surface area contributed by atoms with E-state index in [1.807, 2.05) is 13.8 Å². The van der Waals surface area contributed by atoms with Crippen molar-refractivity contribution in [1.82, 2.24) is 9.24 Å². The molecule has 1 aromatic heterocycles. The van der Waals surface area contributed by atoms with Gasteiger partial charge in [0.1, 0.15) is 23.7 Å². The average Bonchev–Trinajstić information content (AvgIpc) is 2.92. The van der Waals surface area contributed by atoms with Crippen LogP contribution in [0.4, 0.5) is 0 Å². The maximum Gasteiger partial charge on any atom is 0.354 e. The molecule has 220 valence electrons. The standard InChI is InChI=1S/C29H42N4O7/c1-10-11-14-23(22(7)37-9)26(39-19(2)3)18-32-17-24(21(6)30-40-20(4)5)27(34)33(29(32)36)31(8)28(35)25-15-12-13-16-38-25/h10-11,14,17-20,25H,1,12-13,15-16H2,2-9H3/b14-11-,23-22-,26-18-,30-21+. The Hall–Kier alpha value is -3.86. The van der Waals surface area contributed by atoms with Crippen LogP contribution in [-0.2, 0) is 23.8 Å². The SMILES string of the molecule is C=C\C=C/C(C(=C/n1cc(/C(C)=N/OC(C)C)c(=O)n(N(C)C(=O)C2CCCCO2)c1=O)/OC(C)C)=C(\C)OC. The third-order valence-electron chi connectivity index (χ3n) is 5.93. The normalized spacial score (nSPS) is 17.2. The van der Waals surface area contributed by atoms with Gasteiger partial charge in [0.25, 0.3) is 11.5 Å². The van der Waals surface area contributed by atoms with Gasteiger partial charge in [0.2, 0.25) is 0 Å². The number of allylic oxidation sites excluding steroid dienone is 4. The largest absolute Gasteiger partial charge is 0.501 e. The number of rotatable bonds is 12. The van der Waals surface area contributed by atoms with Crippen molar-refractivity contribution in [1.29, 1.82) is 0 Å². The number of likely N-dealkylation sites (N-methyl/N-ethyl adjacent to an activating group) is 1. The molecule has 2 heterocycles. The zero-order valence-electron chi connectivity index (χ0n) is 24.8. The van der Waals surface area contributed by atoms with Crippen LogP contribution in [0.15, 0.2) is 62.8 Å². The molecule has 0 aromatic carbocycles. The highest BCUT2D eigenvalue weighted by Gasteiger charge is 2.29. The number of oxime groups is 1.